The van der Waals surface area contributed by atoms with Crippen molar-refractivity contribution >= 4 is 17.0 Å². The fourth-order valence-electron chi connectivity index (χ4n) is 4.07. The number of carbonyl (C=O) groups excluding carboxylic acids is 1. The number of benzene rings is 2. The van der Waals surface area contributed by atoms with Crippen molar-refractivity contribution in [2.45, 2.75) is 39.7 Å². The number of rotatable bonds is 8. The Morgan fingerprint density at radius 2 is 1.83 bits per heavy atom. The molecule has 5 aromatic rings. The van der Waals surface area contributed by atoms with Crippen LogP contribution in [0.3, 0.4) is 0 Å². The maximum atomic E-state index is 12.7. The highest BCUT2D eigenvalue weighted by molar-refractivity contribution is 5.83. The quantitative estimate of drug-likeness (QED) is 0.319. The fraction of sp³-hybridized carbons (Fsp3) is 0.240. The number of aromatic amines is 2. The first-order valence-corrected chi connectivity index (χ1v) is 11.6. The molecular formula is C25H24N8O3. The molecule has 0 aliphatic heterocycles. The smallest absolute Gasteiger partial charge is 0.312 e. The number of aryl methyl sites for hydroxylation is 1. The molecule has 0 saturated heterocycles. The van der Waals surface area contributed by atoms with Gasteiger partial charge in [-0.1, -0.05) is 61.9 Å². The predicted molar refractivity (Wildman–Crippen MR) is 132 cm³/mol. The Morgan fingerprint density at radius 3 is 2.56 bits per heavy atom. The highest BCUT2D eigenvalue weighted by Crippen LogP contribution is 2.30. The van der Waals surface area contributed by atoms with Gasteiger partial charge in [0.05, 0.1) is 0 Å². The third kappa shape index (κ3) is 4.50. The zero-order valence-corrected chi connectivity index (χ0v) is 19.9. The molecule has 11 heteroatoms. The first kappa shape index (κ1) is 23.1. The lowest BCUT2D eigenvalue weighted by Crippen LogP contribution is -2.16. The van der Waals surface area contributed by atoms with E-state index in [0.717, 1.165) is 28.7 Å². The number of ether oxygens (including phenoxy) is 1. The molecule has 2 N–H and O–H groups in total. The number of unbranched alkanes of at least 4 members (excludes halogenated alkanes) is 1. The van der Waals surface area contributed by atoms with Crippen LogP contribution in [0.5, 0.6) is 5.88 Å². The second kappa shape index (κ2) is 9.90. The number of tetrazole rings is 1. The molecule has 11 nitrogen and oxygen atoms in total. The second-order valence-corrected chi connectivity index (χ2v) is 8.36. The summed E-state index contributed by atoms with van der Waals surface area (Å²) in [5.41, 5.74) is 4.00. The third-order valence-corrected chi connectivity index (χ3v) is 5.90. The van der Waals surface area contributed by atoms with Gasteiger partial charge in [-0.25, -0.2) is 10.1 Å². The number of nitrogens with zero attached hydrogens (tertiary/aromatic N) is 6. The molecule has 182 valence electrons. The molecule has 0 fully saturated rings. The number of fused-ring (bicyclic) bond motifs is 1. The maximum Gasteiger partial charge on any atom is 0.312 e. The van der Waals surface area contributed by atoms with Crippen molar-refractivity contribution < 1.29 is 9.53 Å². The van der Waals surface area contributed by atoms with Gasteiger partial charge < -0.3 is 9.30 Å². The second-order valence-electron chi connectivity index (χ2n) is 8.36. The van der Waals surface area contributed by atoms with E-state index >= 15 is 0 Å². The zero-order valence-electron chi connectivity index (χ0n) is 19.9. The van der Waals surface area contributed by atoms with Crippen LogP contribution in [0.15, 0.2) is 53.3 Å². The van der Waals surface area contributed by atoms with E-state index in [2.05, 4.69) is 35.8 Å². The van der Waals surface area contributed by atoms with Gasteiger partial charge in [0.1, 0.15) is 11.3 Å². The van der Waals surface area contributed by atoms with Crippen molar-refractivity contribution in [1.29, 1.82) is 0 Å². The highest BCUT2D eigenvalue weighted by Gasteiger charge is 2.19. The predicted octanol–water partition coefficient (Wildman–Crippen LogP) is 3.42. The van der Waals surface area contributed by atoms with Crippen LogP contribution >= 0.6 is 0 Å². The standard InChI is InChI=1S/C25H24N8O3/c1-3-4-9-20(34)36-25-21-22(24(35)29-30-25)33(15(2)26-21)14-16-10-12-17(13-11-16)18-7-5-6-8-19(18)23-27-31-32-28-23/h5-8,10-13H,3-4,9,14H2,1-2H3,(H,29,35)(H,27,28,31,32). The lowest BCUT2D eigenvalue weighted by molar-refractivity contribution is -0.134. The zero-order chi connectivity index (χ0) is 25.1. The van der Waals surface area contributed by atoms with Crippen LogP contribution in [0.1, 0.15) is 37.6 Å². The average molecular weight is 485 g/mol. The van der Waals surface area contributed by atoms with E-state index in [1.807, 2.05) is 55.5 Å². The lowest BCUT2D eigenvalue weighted by Gasteiger charge is -2.10. The number of nitrogens with one attached hydrogen (secondary N) is 2. The van der Waals surface area contributed by atoms with Gasteiger partial charge in [0.25, 0.3) is 11.4 Å². The van der Waals surface area contributed by atoms with Gasteiger partial charge in [-0.05, 0) is 35.2 Å². The van der Waals surface area contributed by atoms with Crippen molar-refractivity contribution in [2.24, 2.45) is 0 Å². The molecule has 0 unspecified atom stereocenters. The van der Waals surface area contributed by atoms with Gasteiger partial charge in [-0.2, -0.15) is 5.21 Å². The molecule has 0 amide bonds. The van der Waals surface area contributed by atoms with Crippen molar-refractivity contribution in [2.75, 3.05) is 0 Å². The van der Waals surface area contributed by atoms with Crippen molar-refractivity contribution in [3.05, 3.63) is 70.3 Å². The molecule has 0 aliphatic rings. The number of hydrogen-bond donors (Lipinski definition) is 2. The maximum absolute atomic E-state index is 12.7. The Labute approximate surface area is 205 Å². The van der Waals surface area contributed by atoms with Crippen molar-refractivity contribution in [3.63, 3.8) is 0 Å². The van der Waals surface area contributed by atoms with Gasteiger partial charge in [-0.3, -0.25) is 9.59 Å². The summed E-state index contributed by atoms with van der Waals surface area (Å²) in [5.74, 6) is 0.748. The molecule has 36 heavy (non-hydrogen) atoms. The Kier molecular flexibility index (Phi) is 6.35. The summed E-state index contributed by atoms with van der Waals surface area (Å²) >= 11 is 0. The van der Waals surface area contributed by atoms with Gasteiger partial charge in [-0.15, -0.1) is 15.3 Å². The van der Waals surface area contributed by atoms with Crippen LogP contribution in [-0.4, -0.2) is 46.3 Å². The van der Waals surface area contributed by atoms with E-state index < -0.39 is 11.5 Å². The molecule has 5 rings (SSSR count). The molecule has 0 saturated carbocycles. The van der Waals surface area contributed by atoms with Crippen LogP contribution in [0.4, 0.5) is 0 Å². The summed E-state index contributed by atoms with van der Waals surface area (Å²) in [5, 5.41) is 20.7. The molecule has 0 atom stereocenters. The van der Waals surface area contributed by atoms with Crippen LogP contribution < -0.4 is 10.3 Å². The number of H-pyrrole nitrogens is 2. The Morgan fingerprint density at radius 1 is 1.06 bits per heavy atom. The third-order valence-electron chi connectivity index (χ3n) is 5.90. The molecule has 0 radical (unpaired) electrons. The summed E-state index contributed by atoms with van der Waals surface area (Å²) in [6, 6.07) is 15.8. The summed E-state index contributed by atoms with van der Waals surface area (Å²) in [7, 11) is 0. The van der Waals surface area contributed by atoms with Gasteiger partial charge in [0.15, 0.2) is 5.52 Å². The Bertz CT molecular complexity index is 1570. The van der Waals surface area contributed by atoms with E-state index in [1.54, 1.807) is 11.5 Å². The summed E-state index contributed by atoms with van der Waals surface area (Å²) < 4.78 is 7.19. The topological polar surface area (TPSA) is 144 Å². The first-order valence-electron chi connectivity index (χ1n) is 11.6. The Balaban J connectivity index is 1.44. The minimum Gasteiger partial charge on any atom is -0.403 e. The Hall–Kier alpha value is -4.67. The fourth-order valence-corrected chi connectivity index (χ4v) is 4.07. The van der Waals surface area contributed by atoms with E-state index in [-0.39, 0.29) is 17.8 Å². The van der Waals surface area contributed by atoms with Gasteiger partial charge in [0.2, 0.25) is 5.82 Å². The minimum atomic E-state index is -0.401. The summed E-state index contributed by atoms with van der Waals surface area (Å²) in [6.07, 6.45) is 1.87. The van der Waals surface area contributed by atoms with Crippen LogP contribution in [0, 0.1) is 6.92 Å². The van der Waals surface area contributed by atoms with Crippen LogP contribution in [-0.2, 0) is 11.3 Å². The molecule has 0 aliphatic carbocycles. The number of carbonyl (C=O) groups is 1. The molecule has 3 aromatic heterocycles. The number of hydrogen-bond acceptors (Lipinski definition) is 8. The molecule has 0 spiro atoms. The average Bonchev–Trinajstić information content (AvgIpc) is 3.54. The normalized spacial score (nSPS) is 11.2. The van der Waals surface area contributed by atoms with Crippen LogP contribution in [0.25, 0.3) is 33.5 Å². The van der Waals surface area contributed by atoms with Crippen LogP contribution in [0.2, 0.25) is 0 Å². The number of imidazole rings is 1. The molecule has 2 aromatic carbocycles. The van der Waals surface area contributed by atoms with Crippen molar-refractivity contribution in [1.82, 2.24) is 40.4 Å². The van der Waals surface area contributed by atoms with Crippen molar-refractivity contribution in [3.8, 4) is 28.4 Å². The van der Waals surface area contributed by atoms with Gasteiger partial charge >= 0.3 is 5.97 Å². The lowest BCUT2D eigenvalue weighted by atomic mass is 9.98. The largest absolute Gasteiger partial charge is 0.403 e. The first-order chi connectivity index (χ1) is 17.5. The monoisotopic (exact) mass is 484 g/mol. The SMILES string of the molecule is CCCCC(=O)Oc1n[nH]c(=O)c2c1nc(C)n2Cc1ccc(-c2ccccc2-c2nn[nH]n2)cc1. The summed E-state index contributed by atoms with van der Waals surface area (Å²) in [6.45, 7) is 4.21. The minimum absolute atomic E-state index is 0.0148. The van der Waals surface area contributed by atoms with E-state index in [4.69, 9.17) is 4.74 Å². The number of esters is 1. The van der Waals surface area contributed by atoms with E-state index in [0.29, 0.717) is 30.1 Å². The van der Waals surface area contributed by atoms with Gasteiger partial charge in [0, 0.05) is 18.5 Å². The molecule has 3 heterocycles. The van der Waals surface area contributed by atoms with E-state index in [9.17, 15) is 9.59 Å². The molecular weight excluding hydrogens is 460 g/mol. The summed E-state index contributed by atoms with van der Waals surface area (Å²) in [4.78, 5) is 29.3. The number of aromatic nitrogens is 8. The molecule has 0 bridgehead atoms. The highest BCUT2D eigenvalue weighted by atomic mass is 16.5. The van der Waals surface area contributed by atoms with E-state index in [1.165, 1.54) is 0 Å².